The number of ether oxygens (including phenoxy) is 1. The molecule has 2 heterocycles. The minimum Gasteiger partial charge on any atom is -0.410 e. The first-order valence-corrected chi connectivity index (χ1v) is 4.18. The van der Waals surface area contributed by atoms with Crippen molar-refractivity contribution in [3.8, 4) is 0 Å². The van der Waals surface area contributed by atoms with Crippen LogP contribution < -0.4 is 4.84 Å². The van der Waals surface area contributed by atoms with Crippen LogP contribution in [0.1, 0.15) is 0 Å². The van der Waals surface area contributed by atoms with E-state index in [0.29, 0.717) is 13.2 Å². The molecule has 0 atom stereocenters. The van der Waals surface area contributed by atoms with Crippen LogP contribution >= 0.6 is 0 Å². The molecule has 2 aromatic rings. The highest BCUT2D eigenvalue weighted by molar-refractivity contribution is 5.72. The molecular weight excluding hydrogens is 184 g/mol. The van der Waals surface area contributed by atoms with Gasteiger partial charge in [-0.3, -0.25) is 0 Å². The largest absolute Gasteiger partial charge is 0.410 e. The van der Waals surface area contributed by atoms with Crippen LogP contribution in [-0.2, 0) is 4.74 Å². The van der Waals surface area contributed by atoms with Crippen molar-refractivity contribution in [1.82, 2.24) is 19.9 Å². The van der Waals surface area contributed by atoms with Crippen LogP contribution in [0.25, 0.3) is 11.0 Å². The Hall–Kier alpha value is -1.69. The molecule has 14 heavy (non-hydrogen) atoms. The molecule has 0 radical (unpaired) electrons. The van der Waals surface area contributed by atoms with Crippen molar-refractivity contribution >= 4 is 11.0 Å². The Morgan fingerprint density at radius 2 is 2.14 bits per heavy atom. The summed E-state index contributed by atoms with van der Waals surface area (Å²) >= 11 is 0. The van der Waals surface area contributed by atoms with Crippen LogP contribution in [0, 0.1) is 0 Å². The Morgan fingerprint density at radius 3 is 3.00 bits per heavy atom. The Morgan fingerprint density at radius 1 is 1.29 bits per heavy atom. The molecule has 0 fully saturated rings. The molecule has 0 spiro atoms. The summed E-state index contributed by atoms with van der Waals surface area (Å²) in [6, 6.07) is 0. The van der Waals surface area contributed by atoms with Gasteiger partial charge in [0.2, 0.25) is 0 Å². The van der Waals surface area contributed by atoms with Gasteiger partial charge in [-0.15, -0.1) is 0 Å². The minimum absolute atomic E-state index is 0.476. The minimum atomic E-state index is 0.476. The predicted molar refractivity (Wildman–Crippen MR) is 48.6 cm³/mol. The van der Waals surface area contributed by atoms with E-state index in [1.54, 1.807) is 30.6 Å². The third-order valence-corrected chi connectivity index (χ3v) is 1.75. The van der Waals surface area contributed by atoms with Gasteiger partial charge in [-0.2, -0.15) is 14.9 Å². The summed E-state index contributed by atoms with van der Waals surface area (Å²) in [6.45, 7) is 1.02. The molecule has 0 unspecified atom stereocenters. The van der Waals surface area contributed by atoms with Gasteiger partial charge in [-0.25, -0.2) is 4.98 Å². The topological polar surface area (TPSA) is 62.1 Å². The highest BCUT2D eigenvalue weighted by atomic mass is 16.7. The van der Waals surface area contributed by atoms with Crippen molar-refractivity contribution in [2.24, 2.45) is 0 Å². The molecule has 0 aliphatic heterocycles. The third-order valence-electron chi connectivity index (χ3n) is 1.75. The Balaban J connectivity index is 2.17. The van der Waals surface area contributed by atoms with Gasteiger partial charge < -0.3 is 9.57 Å². The number of fused-ring (bicyclic) bond motifs is 1. The molecule has 0 aliphatic rings. The smallest absolute Gasteiger partial charge is 0.138 e. The summed E-state index contributed by atoms with van der Waals surface area (Å²) < 4.78 is 6.42. The van der Waals surface area contributed by atoms with Gasteiger partial charge in [-0.05, 0) is 0 Å². The van der Waals surface area contributed by atoms with Crippen molar-refractivity contribution in [3.63, 3.8) is 0 Å². The molecule has 2 aromatic heterocycles. The standard InChI is InChI=1S/C8H10N4O2/c1-13-2-3-14-12-6-9-7-4-10-11-5-8(7)12/h4-6H,2-3H2,1H3. The van der Waals surface area contributed by atoms with Crippen molar-refractivity contribution in [1.29, 1.82) is 0 Å². The molecule has 0 amide bonds. The van der Waals surface area contributed by atoms with Crippen LogP contribution in [0.2, 0.25) is 0 Å². The average Bonchev–Trinajstić information content (AvgIpc) is 2.63. The fraction of sp³-hybridized carbons (Fsp3) is 0.375. The second-order valence-corrected chi connectivity index (χ2v) is 2.66. The number of hydrogen-bond acceptors (Lipinski definition) is 5. The molecular formula is C8H10N4O2. The number of nitrogens with zero attached hydrogens (tertiary/aromatic N) is 4. The first kappa shape index (κ1) is 8.89. The maximum Gasteiger partial charge on any atom is 0.138 e. The quantitative estimate of drug-likeness (QED) is 0.636. The van der Waals surface area contributed by atoms with Crippen LogP contribution in [0.15, 0.2) is 18.7 Å². The predicted octanol–water partition coefficient (Wildman–Crippen LogP) is -0.0987. The van der Waals surface area contributed by atoms with E-state index in [1.807, 2.05) is 0 Å². The summed E-state index contributed by atoms with van der Waals surface area (Å²) in [6.07, 6.45) is 4.78. The van der Waals surface area contributed by atoms with E-state index >= 15 is 0 Å². The lowest BCUT2D eigenvalue weighted by Crippen LogP contribution is -2.15. The Labute approximate surface area is 80.4 Å². The lowest BCUT2D eigenvalue weighted by molar-refractivity contribution is 0.0630. The van der Waals surface area contributed by atoms with E-state index in [2.05, 4.69) is 15.2 Å². The summed E-state index contributed by atoms with van der Waals surface area (Å²) in [7, 11) is 1.63. The van der Waals surface area contributed by atoms with Crippen molar-refractivity contribution in [2.45, 2.75) is 0 Å². The summed E-state index contributed by atoms with van der Waals surface area (Å²) in [4.78, 5) is 9.45. The number of hydrogen-bond donors (Lipinski definition) is 0. The van der Waals surface area contributed by atoms with Crippen LogP contribution in [0.4, 0.5) is 0 Å². The van der Waals surface area contributed by atoms with Gasteiger partial charge in [0.25, 0.3) is 0 Å². The van der Waals surface area contributed by atoms with Gasteiger partial charge >= 0.3 is 0 Å². The van der Waals surface area contributed by atoms with Crippen LogP contribution in [0.3, 0.4) is 0 Å². The summed E-state index contributed by atoms with van der Waals surface area (Å²) in [5.74, 6) is 0. The van der Waals surface area contributed by atoms with Gasteiger partial charge in [-0.1, -0.05) is 0 Å². The molecule has 74 valence electrons. The van der Waals surface area contributed by atoms with E-state index < -0.39 is 0 Å². The lowest BCUT2D eigenvalue weighted by Gasteiger charge is -2.05. The molecule has 2 rings (SSSR count). The molecule has 0 aliphatic carbocycles. The van der Waals surface area contributed by atoms with Crippen LogP contribution in [0.5, 0.6) is 0 Å². The zero-order chi connectivity index (χ0) is 9.80. The fourth-order valence-corrected chi connectivity index (χ4v) is 1.08. The third kappa shape index (κ3) is 1.64. The zero-order valence-electron chi connectivity index (χ0n) is 7.75. The number of rotatable bonds is 4. The van der Waals surface area contributed by atoms with Crippen molar-refractivity contribution in [2.75, 3.05) is 20.3 Å². The van der Waals surface area contributed by atoms with Gasteiger partial charge in [0.05, 0.1) is 19.0 Å². The van der Waals surface area contributed by atoms with Crippen molar-refractivity contribution in [3.05, 3.63) is 18.7 Å². The summed E-state index contributed by atoms with van der Waals surface area (Å²) in [5.41, 5.74) is 1.56. The maximum atomic E-state index is 5.36. The van der Waals surface area contributed by atoms with Crippen LogP contribution in [-0.4, -0.2) is 40.2 Å². The highest BCUT2D eigenvalue weighted by Crippen LogP contribution is 2.06. The molecule has 0 N–H and O–H groups in total. The first-order valence-electron chi connectivity index (χ1n) is 4.18. The molecule has 0 saturated carbocycles. The Bertz CT molecular complexity index is 414. The van der Waals surface area contributed by atoms with E-state index in [4.69, 9.17) is 9.57 Å². The molecule has 0 bridgehead atoms. The lowest BCUT2D eigenvalue weighted by atomic mass is 10.5. The first-order chi connectivity index (χ1) is 6.92. The fourth-order valence-electron chi connectivity index (χ4n) is 1.08. The molecule has 6 nitrogen and oxygen atoms in total. The SMILES string of the molecule is COCCOn1cnc2cnncc21. The molecule has 0 aromatic carbocycles. The van der Waals surface area contributed by atoms with E-state index in [0.717, 1.165) is 11.0 Å². The van der Waals surface area contributed by atoms with Gasteiger partial charge in [0.15, 0.2) is 0 Å². The molecule has 6 heteroatoms. The molecule has 0 saturated heterocycles. The Kier molecular flexibility index (Phi) is 2.55. The van der Waals surface area contributed by atoms with E-state index in [-0.39, 0.29) is 0 Å². The normalized spacial score (nSPS) is 10.6. The second kappa shape index (κ2) is 4.01. The number of aromatic nitrogens is 4. The second-order valence-electron chi connectivity index (χ2n) is 2.66. The van der Waals surface area contributed by atoms with E-state index in [9.17, 15) is 0 Å². The monoisotopic (exact) mass is 194 g/mol. The maximum absolute atomic E-state index is 5.36. The van der Waals surface area contributed by atoms with Crippen molar-refractivity contribution < 1.29 is 9.57 Å². The van der Waals surface area contributed by atoms with Gasteiger partial charge in [0.1, 0.15) is 24.0 Å². The number of imidazole rings is 1. The van der Waals surface area contributed by atoms with E-state index in [1.165, 1.54) is 0 Å². The average molecular weight is 194 g/mol. The summed E-state index contributed by atoms with van der Waals surface area (Å²) in [5, 5.41) is 7.47. The zero-order valence-corrected chi connectivity index (χ0v) is 7.75. The number of methoxy groups -OCH3 is 1. The van der Waals surface area contributed by atoms with Gasteiger partial charge in [0, 0.05) is 7.11 Å². The highest BCUT2D eigenvalue weighted by Gasteiger charge is 2.02.